The molecule has 0 saturated carbocycles. The van der Waals surface area contributed by atoms with Crippen molar-refractivity contribution < 1.29 is 24.5 Å². The van der Waals surface area contributed by atoms with Crippen molar-refractivity contribution >= 4 is 16.9 Å². The van der Waals surface area contributed by atoms with Crippen LogP contribution >= 0.6 is 11.8 Å². The van der Waals surface area contributed by atoms with Crippen molar-refractivity contribution in [3.63, 3.8) is 0 Å². The minimum absolute atomic E-state index is 0.101. The number of ether oxygens (including phenoxy) is 2. The summed E-state index contributed by atoms with van der Waals surface area (Å²) < 4.78 is 10.4. The zero-order valence-corrected chi connectivity index (χ0v) is 12.6. The number of hydrogen-bond acceptors (Lipinski definition) is 6. The Morgan fingerprint density at radius 3 is 2.25 bits per heavy atom. The first kappa shape index (κ1) is 17.1. The molecule has 6 heteroatoms. The average Bonchev–Trinajstić information content (AvgIpc) is 2.45. The van der Waals surface area contributed by atoms with Gasteiger partial charge < -0.3 is 19.7 Å². The summed E-state index contributed by atoms with van der Waals surface area (Å²) in [6, 6.07) is 7.02. The molecule has 5 nitrogen and oxygen atoms in total. The first-order chi connectivity index (χ1) is 9.51. The van der Waals surface area contributed by atoms with Gasteiger partial charge in [-0.25, -0.2) is 0 Å². The van der Waals surface area contributed by atoms with Crippen LogP contribution in [0, 0.1) is 0 Å². The topological polar surface area (TPSA) is 76.0 Å². The highest BCUT2D eigenvalue weighted by molar-refractivity contribution is 8.13. The number of benzene rings is 1. The summed E-state index contributed by atoms with van der Waals surface area (Å²) in [5.41, 5.74) is 1.18. The van der Waals surface area contributed by atoms with Crippen molar-refractivity contribution in [3.8, 4) is 0 Å². The lowest BCUT2D eigenvalue weighted by Gasteiger charge is -2.23. The Kier molecular flexibility index (Phi) is 7.18. The second-order valence-corrected chi connectivity index (χ2v) is 5.44. The maximum atomic E-state index is 10.9. The van der Waals surface area contributed by atoms with Crippen LogP contribution in [0.3, 0.4) is 0 Å². The van der Waals surface area contributed by atoms with E-state index >= 15 is 0 Å². The lowest BCUT2D eigenvalue weighted by Crippen LogP contribution is -2.23. The van der Waals surface area contributed by atoms with Gasteiger partial charge in [0.1, 0.15) is 6.10 Å². The van der Waals surface area contributed by atoms with Crippen molar-refractivity contribution in [1.29, 1.82) is 0 Å². The van der Waals surface area contributed by atoms with Gasteiger partial charge in [0.2, 0.25) is 0 Å². The third-order valence-electron chi connectivity index (χ3n) is 2.82. The average molecular weight is 300 g/mol. The number of carbonyl (C=O) groups is 1. The van der Waals surface area contributed by atoms with Crippen LogP contribution in [0.25, 0.3) is 0 Å². The number of aliphatic hydroxyl groups excluding tert-OH is 2. The van der Waals surface area contributed by atoms with E-state index < -0.39 is 18.5 Å². The summed E-state index contributed by atoms with van der Waals surface area (Å²) in [5, 5.41) is 20.1. The Bertz CT molecular complexity index is 433. The fourth-order valence-corrected chi connectivity index (χ4v) is 2.43. The van der Waals surface area contributed by atoms with Crippen LogP contribution in [-0.2, 0) is 14.3 Å². The molecule has 0 fully saturated rings. The van der Waals surface area contributed by atoms with Gasteiger partial charge in [0, 0.05) is 32.5 Å². The highest BCUT2D eigenvalue weighted by atomic mass is 32.2. The quantitative estimate of drug-likeness (QED) is 0.746. The van der Waals surface area contributed by atoms with E-state index in [0.717, 1.165) is 11.8 Å². The van der Waals surface area contributed by atoms with Crippen LogP contribution in [0.2, 0.25) is 0 Å². The second-order valence-electron chi connectivity index (χ2n) is 4.25. The SMILES string of the molecule is COC(OC)c1ccccc1C(O)C(O)CSC(C)=O. The van der Waals surface area contributed by atoms with E-state index in [1.54, 1.807) is 24.3 Å². The molecule has 1 aromatic rings. The molecule has 0 heterocycles. The summed E-state index contributed by atoms with van der Waals surface area (Å²) in [5.74, 6) is 0.134. The van der Waals surface area contributed by atoms with Crippen molar-refractivity contribution in [2.24, 2.45) is 0 Å². The molecule has 0 amide bonds. The predicted octanol–water partition coefficient (Wildman–Crippen LogP) is 1.65. The van der Waals surface area contributed by atoms with Gasteiger partial charge in [-0.05, 0) is 5.56 Å². The molecule has 2 unspecified atom stereocenters. The highest BCUT2D eigenvalue weighted by Crippen LogP contribution is 2.29. The van der Waals surface area contributed by atoms with Gasteiger partial charge in [0.25, 0.3) is 0 Å². The third-order valence-corrected chi connectivity index (χ3v) is 3.73. The summed E-state index contributed by atoms with van der Waals surface area (Å²) in [7, 11) is 3.00. The lowest BCUT2D eigenvalue weighted by atomic mass is 9.99. The maximum absolute atomic E-state index is 10.9. The molecule has 0 aromatic heterocycles. The number of methoxy groups -OCH3 is 2. The Hall–Kier alpha value is -0.920. The zero-order chi connectivity index (χ0) is 15.1. The highest BCUT2D eigenvalue weighted by Gasteiger charge is 2.24. The van der Waals surface area contributed by atoms with E-state index in [1.807, 2.05) is 0 Å². The van der Waals surface area contributed by atoms with Gasteiger partial charge >= 0.3 is 0 Å². The first-order valence-electron chi connectivity index (χ1n) is 6.15. The molecule has 0 radical (unpaired) electrons. The number of rotatable bonds is 7. The molecule has 0 saturated heterocycles. The zero-order valence-electron chi connectivity index (χ0n) is 11.8. The summed E-state index contributed by atoms with van der Waals surface area (Å²) >= 11 is 0.977. The second kappa shape index (κ2) is 8.39. The molecule has 0 aliphatic rings. The van der Waals surface area contributed by atoms with Gasteiger partial charge in [0.05, 0.1) is 6.10 Å². The van der Waals surface area contributed by atoms with E-state index in [2.05, 4.69) is 0 Å². The van der Waals surface area contributed by atoms with Crippen LogP contribution in [0.15, 0.2) is 24.3 Å². The molecule has 112 valence electrons. The maximum Gasteiger partial charge on any atom is 0.185 e. The third kappa shape index (κ3) is 4.57. The first-order valence-corrected chi connectivity index (χ1v) is 7.13. The Morgan fingerprint density at radius 1 is 1.20 bits per heavy atom. The number of thioether (sulfide) groups is 1. The van der Waals surface area contributed by atoms with Gasteiger partial charge in [-0.3, -0.25) is 4.79 Å². The van der Waals surface area contributed by atoms with E-state index in [9.17, 15) is 15.0 Å². The van der Waals surface area contributed by atoms with Crippen LogP contribution in [0.4, 0.5) is 0 Å². The summed E-state index contributed by atoms with van der Waals surface area (Å²) in [6.45, 7) is 1.42. The van der Waals surface area contributed by atoms with Gasteiger partial charge in [-0.15, -0.1) is 0 Å². The van der Waals surface area contributed by atoms with Crippen molar-refractivity contribution in [2.45, 2.75) is 25.4 Å². The molecular formula is C14H20O5S. The van der Waals surface area contributed by atoms with Crippen LogP contribution in [0.5, 0.6) is 0 Å². The molecule has 0 bridgehead atoms. The Balaban J connectivity index is 2.91. The smallest absolute Gasteiger partial charge is 0.185 e. The standard InChI is InChI=1S/C14H20O5S/c1-9(15)20-8-12(16)13(17)10-6-4-5-7-11(10)14(18-2)19-3/h4-7,12-14,16-17H,8H2,1-3H3. The minimum Gasteiger partial charge on any atom is -0.389 e. The lowest BCUT2D eigenvalue weighted by molar-refractivity contribution is -0.109. The van der Waals surface area contributed by atoms with Crippen molar-refractivity contribution in [3.05, 3.63) is 35.4 Å². The van der Waals surface area contributed by atoms with Crippen molar-refractivity contribution in [2.75, 3.05) is 20.0 Å². The van der Waals surface area contributed by atoms with E-state index in [4.69, 9.17) is 9.47 Å². The van der Waals surface area contributed by atoms with Crippen LogP contribution < -0.4 is 0 Å². The Labute approximate surface area is 122 Å². The summed E-state index contributed by atoms with van der Waals surface area (Å²) in [4.78, 5) is 10.9. The fourth-order valence-electron chi connectivity index (χ4n) is 1.85. The molecule has 20 heavy (non-hydrogen) atoms. The van der Waals surface area contributed by atoms with Gasteiger partial charge in [-0.2, -0.15) is 0 Å². The normalized spacial score (nSPS) is 14.3. The fraction of sp³-hybridized carbons (Fsp3) is 0.500. The van der Waals surface area contributed by atoms with Crippen LogP contribution in [0.1, 0.15) is 30.4 Å². The molecule has 2 atom stereocenters. The van der Waals surface area contributed by atoms with Crippen LogP contribution in [-0.4, -0.2) is 41.4 Å². The monoisotopic (exact) mass is 300 g/mol. The molecule has 0 spiro atoms. The summed E-state index contributed by atoms with van der Waals surface area (Å²) in [6.07, 6.45) is -2.77. The van der Waals surface area contributed by atoms with E-state index in [0.29, 0.717) is 11.1 Å². The van der Waals surface area contributed by atoms with E-state index in [-0.39, 0.29) is 10.9 Å². The number of carbonyl (C=O) groups excluding carboxylic acids is 1. The molecule has 0 aliphatic heterocycles. The van der Waals surface area contributed by atoms with Gasteiger partial charge in [0.15, 0.2) is 11.4 Å². The number of aliphatic hydroxyl groups is 2. The minimum atomic E-state index is -1.11. The molecule has 1 rings (SSSR count). The molecular weight excluding hydrogens is 280 g/mol. The Morgan fingerprint density at radius 2 is 1.75 bits per heavy atom. The predicted molar refractivity (Wildman–Crippen MR) is 77.3 cm³/mol. The van der Waals surface area contributed by atoms with Gasteiger partial charge in [-0.1, -0.05) is 36.0 Å². The van der Waals surface area contributed by atoms with E-state index in [1.165, 1.54) is 21.1 Å². The molecule has 1 aromatic carbocycles. The largest absolute Gasteiger partial charge is 0.389 e. The van der Waals surface area contributed by atoms with Crippen molar-refractivity contribution in [1.82, 2.24) is 0 Å². The number of hydrogen-bond donors (Lipinski definition) is 2. The molecule has 2 N–H and O–H groups in total. The molecule has 0 aliphatic carbocycles.